The number of hydrogen-bond acceptors (Lipinski definition) is 6. The molecule has 3 aromatic heterocycles. The number of rotatable bonds is 4. The molecule has 4 heterocycles. The van der Waals surface area contributed by atoms with Gasteiger partial charge >= 0.3 is 0 Å². The van der Waals surface area contributed by atoms with E-state index in [4.69, 9.17) is 5.73 Å². The average Bonchev–Trinajstić information content (AvgIpc) is 3.40. The molecule has 3 aromatic rings. The highest BCUT2D eigenvalue weighted by molar-refractivity contribution is 14.0. The van der Waals surface area contributed by atoms with Gasteiger partial charge in [-0.2, -0.15) is 5.10 Å². The summed E-state index contributed by atoms with van der Waals surface area (Å²) in [5, 5.41) is 7.28. The Morgan fingerprint density at radius 3 is 2.70 bits per heavy atom. The highest BCUT2D eigenvalue weighted by Crippen LogP contribution is 2.18. The number of guanidine groups is 1. The minimum absolute atomic E-state index is 0. The van der Waals surface area contributed by atoms with Crippen molar-refractivity contribution in [3.63, 3.8) is 0 Å². The van der Waals surface area contributed by atoms with E-state index in [1.54, 1.807) is 28.4 Å². The molecule has 27 heavy (non-hydrogen) atoms. The molecule has 0 spiro atoms. The van der Waals surface area contributed by atoms with Crippen molar-refractivity contribution >= 4 is 46.4 Å². The van der Waals surface area contributed by atoms with Crippen LogP contribution < -0.4 is 10.6 Å². The Hall–Kier alpha value is -2.21. The zero-order valence-corrected chi connectivity index (χ0v) is 17.8. The lowest BCUT2D eigenvalue weighted by atomic mass is 10.2. The summed E-state index contributed by atoms with van der Waals surface area (Å²) in [6.45, 7) is 4.04. The summed E-state index contributed by atoms with van der Waals surface area (Å²) in [5.74, 6) is 1.36. The first-order chi connectivity index (χ1) is 12.8. The second-order valence-electron chi connectivity index (χ2n) is 5.94. The molecule has 0 saturated carbocycles. The van der Waals surface area contributed by atoms with E-state index in [2.05, 4.69) is 29.9 Å². The molecule has 1 aliphatic rings. The largest absolute Gasteiger partial charge is 0.370 e. The summed E-state index contributed by atoms with van der Waals surface area (Å²) in [6, 6.07) is 5.80. The molecule has 8 nitrogen and oxygen atoms in total. The monoisotopic (exact) mass is 496 g/mol. The van der Waals surface area contributed by atoms with E-state index in [0.29, 0.717) is 12.5 Å². The maximum atomic E-state index is 6.20. The highest BCUT2D eigenvalue weighted by atomic mass is 127. The minimum Gasteiger partial charge on any atom is -0.370 e. The van der Waals surface area contributed by atoms with Crippen LogP contribution in [0.5, 0.6) is 0 Å². The number of hydrogen-bond donors (Lipinski definition) is 1. The molecule has 142 valence electrons. The molecule has 10 heteroatoms. The Labute approximate surface area is 178 Å². The van der Waals surface area contributed by atoms with Crippen LogP contribution in [0.15, 0.2) is 53.4 Å². The number of aliphatic imine (C=N–C) groups is 1. The summed E-state index contributed by atoms with van der Waals surface area (Å²) in [7, 11) is 0. The summed E-state index contributed by atoms with van der Waals surface area (Å²) in [4.78, 5) is 17.7. The minimum atomic E-state index is 0. The van der Waals surface area contributed by atoms with E-state index in [1.165, 1.54) is 0 Å². The molecule has 0 aromatic carbocycles. The zero-order valence-electron chi connectivity index (χ0n) is 14.7. The van der Waals surface area contributed by atoms with Crippen molar-refractivity contribution in [1.82, 2.24) is 24.6 Å². The number of aromatic nitrogens is 4. The lowest BCUT2D eigenvalue weighted by Gasteiger charge is -2.35. The third-order valence-electron chi connectivity index (χ3n) is 4.27. The van der Waals surface area contributed by atoms with Crippen molar-refractivity contribution < 1.29 is 0 Å². The van der Waals surface area contributed by atoms with Gasteiger partial charge in [0.2, 0.25) is 0 Å². The van der Waals surface area contributed by atoms with Crippen LogP contribution in [0, 0.1) is 0 Å². The van der Waals surface area contributed by atoms with Gasteiger partial charge in [0.1, 0.15) is 0 Å². The second-order valence-corrected chi connectivity index (χ2v) is 6.81. The number of pyridine rings is 1. The smallest absolute Gasteiger partial charge is 0.191 e. The fraction of sp³-hybridized carbons (Fsp3) is 0.294. The fourth-order valence-electron chi connectivity index (χ4n) is 2.86. The lowest BCUT2D eigenvalue weighted by Crippen LogP contribution is -2.51. The summed E-state index contributed by atoms with van der Waals surface area (Å²) in [5.41, 5.74) is 7.26. The van der Waals surface area contributed by atoms with Crippen LogP contribution in [0.25, 0.3) is 5.82 Å². The number of anilines is 1. The molecular formula is C17H21IN8S. The van der Waals surface area contributed by atoms with Gasteiger partial charge in [0.05, 0.1) is 6.54 Å². The predicted molar refractivity (Wildman–Crippen MR) is 118 cm³/mol. The molecule has 0 unspecified atom stereocenters. The molecule has 2 N–H and O–H groups in total. The zero-order chi connectivity index (χ0) is 17.8. The average molecular weight is 496 g/mol. The maximum absolute atomic E-state index is 6.20. The van der Waals surface area contributed by atoms with Crippen LogP contribution >= 0.6 is 35.3 Å². The van der Waals surface area contributed by atoms with Gasteiger partial charge in [0, 0.05) is 56.3 Å². The number of piperazine rings is 1. The van der Waals surface area contributed by atoms with Gasteiger partial charge in [-0.05, 0) is 23.8 Å². The summed E-state index contributed by atoms with van der Waals surface area (Å²) < 4.78 is 1.73. The molecule has 0 amide bonds. The van der Waals surface area contributed by atoms with Gasteiger partial charge in [-0.1, -0.05) is 0 Å². The first-order valence-electron chi connectivity index (χ1n) is 8.44. The maximum Gasteiger partial charge on any atom is 0.191 e. The van der Waals surface area contributed by atoms with Crippen molar-refractivity contribution in [3.05, 3.63) is 53.9 Å². The van der Waals surface area contributed by atoms with E-state index in [-0.39, 0.29) is 24.0 Å². The van der Waals surface area contributed by atoms with Gasteiger partial charge in [0.15, 0.2) is 16.9 Å². The van der Waals surface area contributed by atoms with Crippen molar-refractivity contribution in [1.29, 1.82) is 0 Å². The Kier molecular flexibility index (Phi) is 6.61. The van der Waals surface area contributed by atoms with Crippen molar-refractivity contribution in [2.24, 2.45) is 10.7 Å². The number of nitrogens with two attached hydrogens (primary N) is 1. The Morgan fingerprint density at radius 2 is 2.00 bits per heavy atom. The van der Waals surface area contributed by atoms with E-state index in [1.807, 2.05) is 36.0 Å². The topological polar surface area (TPSA) is 88.5 Å². The number of nitrogens with zero attached hydrogens (tertiary/aromatic N) is 7. The first-order valence-corrected chi connectivity index (χ1v) is 9.32. The number of halogens is 1. The number of thiazole rings is 1. The summed E-state index contributed by atoms with van der Waals surface area (Å²) >= 11 is 1.67. The third kappa shape index (κ3) is 4.75. The third-order valence-corrected chi connectivity index (χ3v) is 5.10. The normalized spacial score (nSPS) is 14.9. The van der Waals surface area contributed by atoms with E-state index in [0.717, 1.165) is 42.7 Å². The highest BCUT2D eigenvalue weighted by Gasteiger charge is 2.19. The van der Waals surface area contributed by atoms with Gasteiger partial charge < -0.3 is 15.5 Å². The van der Waals surface area contributed by atoms with Gasteiger partial charge in [-0.3, -0.25) is 0 Å². The molecule has 0 aliphatic carbocycles. The van der Waals surface area contributed by atoms with Gasteiger partial charge in [-0.25, -0.2) is 19.6 Å². The molecule has 1 fully saturated rings. The van der Waals surface area contributed by atoms with Gasteiger partial charge in [-0.15, -0.1) is 35.3 Å². The van der Waals surface area contributed by atoms with Crippen LogP contribution in [0.1, 0.15) is 5.56 Å². The van der Waals surface area contributed by atoms with Crippen molar-refractivity contribution in [3.8, 4) is 5.82 Å². The van der Waals surface area contributed by atoms with Gasteiger partial charge in [0.25, 0.3) is 0 Å². The van der Waals surface area contributed by atoms with E-state index >= 15 is 0 Å². The fourth-order valence-corrected chi connectivity index (χ4v) is 3.56. The lowest BCUT2D eigenvalue weighted by molar-refractivity contribution is 0.380. The first kappa shape index (κ1) is 19.5. The van der Waals surface area contributed by atoms with Crippen molar-refractivity contribution in [2.45, 2.75) is 6.54 Å². The Morgan fingerprint density at radius 1 is 1.15 bits per heavy atom. The quantitative estimate of drug-likeness (QED) is 0.338. The summed E-state index contributed by atoms with van der Waals surface area (Å²) in [6.07, 6.45) is 7.21. The van der Waals surface area contributed by atoms with Crippen LogP contribution in [-0.4, -0.2) is 56.8 Å². The Balaban J connectivity index is 0.00000210. The Bertz CT molecular complexity index is 857. The standard InChI is InChI=1S/C17H20N8S.HI/c18-16(23-7-9-24(10-8-23)17-20-5-11-26-17)21-13-14-2-4-19-15(12-14)25-6-1-3-22-25;/h1-6,11-12H,7-10,13H2,(H2,18,21);1H. The van der Waals surface area contributed by atoms with Crippen LogP contribution in [-0.2, 0) is 6.54 Å². The molecule has 0 atom stereocenters. The SMILES string of the molecule is I.NC(=NCc1ccnc(-n2cccn2)c1)N1CCN(c2nccs2)CC1. The van der Waals surface area contributed by atoms with E-state index < -0.39 is 0 Å². The van der Waals surface area contributed by atoms with Crippen LogP contribution in [0.2, 0.25) is 0 Å². The van der Waals surface area contributed by atoms with Crippen LogP contribution in [0.4, 0.5) is 5.13 Å². The molecule has 0 bridgehead atoms. The molecule has 1 aliphatic heterocycles. The molecule has 0 radical (unpaired) electrons. The molecule has 1 saturated heterocycles. The molecule has 4 rings (SSSR count). The van der Waals surface area contributed by atoms with Crippen LogP contribution in [0.3, 0.4) is 0 Å². The molecular weight excluding hydrogens is 475 g/mol. The van der Waals surface area contributed by atoms with Crippen molar-refractivity contribution in [2.75, 3.05) is 31.1 Å². The van der Waals surface area contributed by atoms with E-state index in [9.17, 15) is 0 Å². The second kappa shape index (κ2) is 9.13. The predicted octanol–water partition coefficient (Wildman–Crippen LogP) is 1.98.